The molecule has 0 radical (unpaired) electrons. The van der Waals surface area contributed by atoms with Crippen molar-refractivity contribution >= 4 is 0 Å². The van der Waals surface area contributed by atoms with Crippen molar-refractivity contribution in [3.05, 3.63) is 0 Å². The minimum absolute atomic E-state index is 0.134. The molecule has 2 nitrogen and oxygen atoms in total. The lowest BCUT2D eigenvalue weighted by Crippen LogP contribution is -2.46. The molecule has 1 fully saturated rings. The van der Waals surface area contributed by atoms with Gasteiger partial charge in [-0.3, -0.25) is 11.3 Å². The number of hydrogen-bond acceptors (Lipinski definition) is 2. The van der Waals surface area contributed by atoms with Gasteiger partial charge in [0, 0.05) is 6.04 Å². The van der Waals surface area contributed by atoms with E-state index in [2.05, 4.69) is 5.43 Å². The molecule has 1 aliphatic rings. The molecule has 1 aliphatic carbocycles. The normalized spacial score (nSPS) is 29.4. The summed E-state index contributed by atoms with van der Waals surface area (Å²) in [6, 6.07) is 0.134. The topological polar surface area (TPSA) is 38.0 Å². The van der Waals surface area contributed by atoms with E-state index in [0.717, 1.165) is 0 Å². The van der Waals surface area contributed by atoms with Gasteiger partial charge in [0.15, 0.2) is 0 Å². The number of rotatable bonds is 3. The maximum absolute atomic E-state index is 12.5. The SMILES string of the molecule is CC(C)C(NN)C1CCC(C(F)(F)F)CC1. The zero-order chi connectivity index (χ0) is 12.3. The van der Waals surface area contributed by atoms with Gasteiger partial charge in [-0.25, -0.2) is 0 Å². The second-order valence-electron chi connectivity index (χ2n) is 5.09. The molecule has 1 rings (SSSR count). The van der Waals surface area contributed by atoms with E-state index in [1.807, 2.05) is 13.8 Å². The predicted octanol–water partition coefficient (Wildman–Crippen LogP) is 2.84. The zero-order valence-electron chi connectivity index (χ0n) is 9.85. The predicted molar refractivity (Wildman–Crippen MR) is 57.5 cm³/mol. The molecule has 0 bridgehead atoms. The van der Waals surface area contributed by atoms with Crippen LogP contribution in [0.5, 0.6) is 0 Å². The van der Waals surface area contributed by atoms with E-state index in [0.29, 0.717) is 18.8 Å². The number of alkyl halides is 3. The first kappa shape index (κ1) is 13.8. The smallest absolute Gasteiger partial charge is 0.271 e. The molecular weight excluding hydrogens is 217 g/mol. The Morgan fingerprint density at radius 3 is 1.94 bits per heavy atom. The van der Waals surface area contributed by atoms with E-state index in [1.165, 1.54) is 0 Å². The van der Waals surface area contributed by atoms with Crippen molar-refractivity contribution in [1.29, 1.82) is 0 Å². The molecule has 0 heterocycles. The molecule has 3 N–H and O–H groups in total. The van der Waals surface area contributed by atoms with Gasteiger partial charge in [-0.05, 0) is 37.5 Å². The Morgan fingerprint density at radius 2 is 1.62 bits per heavy atom. The fourth-order valence-corrected chi connectivity index (χ4v) is 2.68. The van der Waals surface area contributed by atoms with Crippen LogP contribution in [-0.2, 0) is 0 Å². The van der Waals surface area contributed by atoms with Gasteiger partial charge >= 0.3 is 6.18 Å². The van der Waals surface area contributed by atoms with Crippen LogP contribution in [0.25, 0.3) is 0 Å². The molecular formula is C11H21F3N2. The Labute approximate surface area is 94.7 Å². The average Bonchev–Trinajstić information content (AvgIpc) is 2.17. The molecule has 1 atom stereocenters. The molecule has 1 unspecified atom stereocenters. The molecule has 0 aromatic heterocycles. The third-order valence-electron chi connectivity index (χ3n) is 3.65. The third kappa shape index (κ3) is 3.35. The fraction of sp³-hybridized carbons (Fsp3) is 1.00. The van der Waals surface area contributed by atoms with E-state index in [1.54, 1.807) is 0 Å². The highest BCUT2D eigenvalue weighted by atomic mass is 19.4. The molecule has 0 amide bonds. The van der Waals surface area contributed by atoms with Gasteiger partial charge in [-0.15, -0.1) is 0 Å². The first-order chi connectivity index (χ1) is 7.36. The first-order valence-corrected chi connectivity index (χ1v) is 5.89. The van der Waals surface area contributed by atoms with Crippen LogP contribution in [0.15, 0.2) is 0 Å². The summed E-state index contributed by atoms with van der Waals surface area (Å²) in [7, 11) is 0. The van der Waals surface area contributed by atoms with Crippen molar-refractivity contribution < 1.29 is 13.2 Å². The summed E-state index contributed by atoms with van der Waals surface area (Å²) in [6.45, 7) is 4.08. The van der Waals surface area contributed by atoms with Gasteiger partial charge in [0.1, 0.15) is 0 Å². The van der Waals surface area contributed by atoms with Gasteiger partial charge in [0.25, 0.3) is 0 Å². The van der Waals surface area contributed by atoms with Crippen LogP contribution < -0.4 is 11.3 Å². The first-order valence-electron chi connectivity index (χ1n) is 5.89. The monoisotopic (exact) mass is 238 g/mol. The highest BCUT2D eigenvalue weighted by Crippen LogP contribution is 2.41. The largest absolute Gasteiger partial charge is 0.391 e. The summed E-state index contributed by atoms with van der Waals surface area (Å²) in [5.41, 5.74) is 2.74. The standard InChI is InChI=1S/C11H21F3N2/c1-7(2)10(16-15)8-3-5-9(6-4-8)11(12,13)14/h7-10,16H,3-6,15H2,1-2H3. The highest BCUT2D eigenvalue weighted by Gasteiger charge is 2.42. The maximum atomic E-state index is 12.5. The quantitative estimate of drug-likeness (QED) is 0.586. The number of halogens is 3. The summed E-state index contributed by atoms with van der Waals surface area (Å²) in [5, 5.41) is 0. The van der Waals surface area contributed by atoms with E-state index < -0.39 is 12.1 Å². The second-order valence-corrected chi connectivity index (χ2v) is 5.09. The van der Waals surface area contributed by atoms with E-state index in [9.17, 15) is 13.2 Å². The van der Waals surface area contributed by atoms with Crippen LogP contribution in [-0.4, -0.2) is 12.2 Å². The van der Waals surface area contributed by atoms with Crippen LogP contribution in [0.1, 0.15) is 39.5 Å². The minimum Gasteiger partial charge on any atom is -0.271 e. The molecule has 0 aliphatic heterocycles. The van der Waals surface area contributed by atoms with Crippen molar-refractivity contribution in [1.82, 2.24) is 5.43 Å². The molecule has 5 heteroatoms. The second kappa shape index (κ2) is 5.36. The Kier molecular flexibility index (Phi) is 4.62. The number of nitrogens with one attached hydrogen (secondary N) is 1. The number of hydrazine groups is 1. The van der Waals surface area contributed by atoms with Gasteiger partial charge in [-0.2, -0.15) is 13.2 Å². The summed E-state index contributed by atoms with van der Waals surface area (Å²) < 4.78 is 37.4. The van der Waals surface area contributed by atoms with Gasteiger partial charge in [0.05, 0.1) is 5.92 Å². The molecule has 0 saturated heterocycles. The maximum Gasteiger partial charge on any atom is 0.391 e. The van der Waals surface area contributed by atoms with Crippen LogP contribution in [0.2, 0.25) is 0 Å². The lowest BCUT2D eigenvalue weighted by Gasteiger charge is -2.36. The number of nitrogens with two attached hydrogens (primary N) is 1. The average molecular weight is 238 g/mol. The van der Waals surface area contributed by atoms with Gasteiger partial charge in [-0.1, -0.05) is 13.8 Å². The van der Waals surface area contributed by atoms with Crippen LogP contribution in [0.3, 0.4) is 0 Å². The Hall–Kier alpha value is -0.290. The Morgan fingerprint density at radius 1 is 1.12 bits per heavy atom. The third-order valence-corrected chi connectivity index (χ3v) is 3.65. The summed E-state index contributed by atoms with van der Waals surface area (Å²) in [6.07, 6.45) is -2.28. The summed E-state index contributed by atoms with van der Waals surface area (Å²) in [5.74, 6) is 4.99. The Balaban J connectivity index is 2.48. The van der Waals surface area contributed by atoms with Gasteiger partial charge < -0.3 is 0 Å². The van der Waals surface area contributed by atoms with E-state index in [4.69, 9.17) is 5.84 Å². The molecule has 0 spiro atoms. The summed E-state index contributed by atoms with van der Waals surface area (Å²) >= 11 is 0. The van der Waals surface area contributed by atoms with Crippen LogP contribution in [0, 0.1) is 17.8 Å². The van der Waals surface area contributed by atoms with Crippen molar-refractivity contribution in [2.75, 3.05) is 0 Å². The molecule has 96 valence electrons. The van der Waals surface area contributed by atoms with Crippen LogP contribution in [0.4, 0.5) is 13.2 Å². The molecule has 0 aromatic rings. The van der Waals surface area contributed by atoms with E-state index in [-0.39, 0.29) is 24.8 Å². The zero-order valence-corrected chi connectivity index (χ0v) is 9.85. The highest BCUT2D eigenvalue weighted by molar-refractivity contribution is 4.84. The van der Waals surface area contributed by atoms with Crippen molar-refractivity contribution in [2.45, 2.75) is 51.7 Å². The molecule has 0 aromatic carbocycles. The molecule has 16 heavy (non-hydrogen) atoms. The summed E-state index contributed by atoms with van der Waals surface area (Å²) in [4.78, 5) is 0. The fourth-order valence-electron chi connectivity index (χ4n) is 2.68. The van der Waals surface area contributed by atoms with Crippen molar-refractivity contribution in [3.8, 4) is 0 Å². The lowest BCUT2D eigenvalue weighted by atomic mass is 9.75. The van der Waals surface area contributed by atoms with E-state index >= 15 is 0 Å². The lowest BCUT2D eigenvalue weighted by molar-refractivity contribution is -0.184. The van der Waals surface area contributed by atoms with Gasteiger partial charge in [0.2, 0.25) is 0 Å². The van der Waals surface area contributed by atoms with Crippen molar-refractivity contribution in [2.24, 2.45) is 23.6 Å². The minimum atomic E-state index is -4.02. The molecule has 1 saturated carbocycles. The van der Waals surface area contributed by atoms with Crippen LogP contribution >= 0.6 is 0 Å². The van der Waals surface area contributed by atoms with Crippen molar-refractivity contribution in [3.63, 3.8) is 0 Å². The number of hydrogen-bond donors (Lipinski definition) is 2. The Bertz CT molecular complexity index is 208.